The van der Waals surface area contributed by atoms with Gasteiger partial charge in [0.15, 0.2) is 11.5 Å². The van der Waals surface area contributed by atoms with Crippen molar-refractivity contribution in [3.8, 4) is 17.2 Å². The zero-order valence-electron chi connectivity index (χ0n) is 20.2. The third-order valence-corrected chi connectivity index (χ3v) is 5.46. The second-order valence-electron chi connectivity index (χ2n) is 8.18. The average Bonchev–Trinajstić information content (AvgIpc) is 2.87. The van der Waals surface area contributed by atoms with Gasteiger partial charge in [-0.25, -0.2) is 4.98 Å². The number of fused-ring (bicyclic) bond motifs is 1. The fourth-order valence-electron chi connectivity index (χ4n) is 3.75. The Balaban J connectivity index is 1.55. The van der Waals surface area contributed by atoms with E-state index < -0.39 is 0 Å². The van der Waals surface area contributed by atoms with Gasteiger partial charge in [0.25, 0.3) is 11.5 Å². The van der Waals surface area contributed by atoms with Gasteiger partial charge in [-0.3, -0.25) is 14.2 Å². The van der Waals surface area contributed by atoms with E-state index in [2.05, 4.69) is 10.3 Å². The molecule has 3 aromatic carbocycles. The fourth-order valence-corrected chi connectivity index (χ4v) is 3.75. The van der Waals surface area contributed by atoms with Crippen LogP contribution in [0.4, 0.5) is 5.69 Å². The Labute approximate surface area is 204 Å². The number of anilines is 1. The van der Waals surface area contributed by atoms with Gasteiger partial charge >= 0.3 is 0 Å². The van der Waals surface area contributed by atoms with E-state index in [1.54, 1.807) is 60.0 Å². The molecule has 1 amide bonds. The Bertz CT molecular complexity index is 1390. The molecule has 1 N–H and O–H groups in total. The highest BCUT2D eigenvalue weighted by molar-refractivity contribution is 6.04. The van der Waals surface area contributed by atoms with E-state index in [1.165, 1.54) is 0 Å². The lowest BCUT2D eigenvalue weighted by Crippen LogP contribution is -2.22. The van der Waals surface area contributed by atoms with Crippen LogP contribution in [0, 0.1) is 6.92 Å². The van der Waals surface area contributed by atoms with Crippen molar-refractivity contribution < 1.29 is 14.3 Å². The zero-order valence-corrected chi connectivity index (χ0v) is 20.2. The van der Waals surface area contributed by atoms with Crippen molar-refractivity contribution in [2.24, 2.45) is 0 Å². The summed E-state index contributed by atoms with van der Waals surface area (Å²) in [7, 11) is 0. The summed E-state index contributed by atoms with van der Waals surface area (Å²) in [5.74, 6) is 1.58. The van der Waals surface area contributed by atoms with Crippen molar-refractivity contribution in [3.63, 3.8) is 0 Å². The molecule has 0 saturated heterocycles. The number of hydrogen-bond donors (Lipinski definition) is 1. The number of nitrogens with zero attached hydrogens (tertiary/aromatic N) is 2. The normalized spacial score (nSPS) is 10.8. The van der Waals surface area contributed by atoms with Crippen LogP contribution in [0.2, 0.25) is 0 Å². The molecule has 0 aliphatic heterocycles. The third-order valence-electron chi connectivity index (χ3n) is 5.46. The smallest absolute Gasteiger partial charge is 0.265 e. The number of aryl methyl sites for hydroxylation is 1. The highest BCUT2D eigenvalue weighted by Gasteiger charge is 2.13. The first-order chi connectivity index (χ1) is 17.0. The fraction of sp³-hybridized carbons (Fsp3) is 0.250. The number of hydrogen-bond acceptors (Lipinski definition) is 5. The van der Waals surface area contributed by atoms with Crippen LogP contribution in [-0.4, -0.2) is 28.7 Å². The first-order valence-electron chi connectivity index (χ1n) is 11.8. The summed E-state index contributed by atoms with van der Waals surface area (Å²) in [6.45, 7) is 7.02. The van der Waals surface area contributed by atoms with Crippen LogP contribution < -0.4 is 20.3 Å². The number of amides is 1. The number of carbonyl (C=O) groups excluding carboxylic acids is 1. The zero-order chi connectivity index (χ0) is 24.8. The first kappa shape index (κ1) is 24.0. The van der Waals surface area contributed by atoms with Crippen molar-refractivity contribution in [1.29, 1.82) is 0 Å². The molecule has 1 aromatic heterocycles. The summed E-state index contributed by atoms with van der Waals surface area (Å²) >= 11 is 0. The summed E-state index contributed by atoms with van der Waals surface area (Å²) < 4.78 is 13.1. The number of aromatic nitrogens is 2. The molecule has 0 bridgehead atoms. The van der Waals surface area contributed by atoms with E-state index in [4.69, 9.17) is 9.47 Å². The quantitative estimate of drug-likeness (QED) is 0.347. The average molecular weight is 472 g/mol. The van der Waals surface area contributed by atoms with Crippen LogP contribution in [0.25, 0.3) is 16.6 Å². The molecule has 1 heterocycles. The van der Waals surface area contributed by atoms with Crippen molar-refractivity contribution >= 4 is 22.5 Å². The minimum absolute atomic E-state index is 0.143. The summed E-state index contributed by atoms with van der Waals surface area (Å²) in [4.78, 5) is 30.5. The van der Waals surface area contributed by atoms with Crippen LogP contribution in [-0.2, 0) is 0 Å². The Morgan fingerprint density at radius 3 is 2.31 bits per heavy atom. The van der Waals surface area contributed by atoms with Gasteiger partial charge in [-0.1, -0.05) is 26.0 Å². The van der Waals surface area contributed by atoms with Gasteiger partial charge in [0, 0.05) is 17.3 Å². The molecule has 0 fully saturated rings. The van der Waals surface area contributed by atoms with Crippen molar-refractivity contribution in [2.45, 2.75) is 33.6 Å². The topological polar surface area (TPSA) is 82.5 Å². The van der Waals surface area contributed by atoms with Gasteiger partial charge in [0.1, 0.15) is 5.82 Å². The molecule has 0 spiro atoms. The van der Waals surface area contributed by atoms with Gasteiger partial charge in [0.05, 0.1) is 29.8 Å². The number of ether oxygens (including phenoxy) is 2. The predicted octanol–water partition coefficient (Wildman–Crippen LogP) is 5.52. The van der Waals surface area contributed by atoms with Gasteiger partial charge in [-0.05, 0) is 68.3 Å². The summed E-state index contributed by atoms with van der Waals surface area (Å²) in [5.41, 5.74) is 2.25. The van der Waals surface area contributed by atoms with E-state index >= 15 is 0 Å². The molecule has 0 aliphatic carbocycles. The lowest BCUT2D eigenvalue weighted by atomic mass is 10.1. The molecular formula is C28H29N3O4. The summed E-state index contributed by atoms with van der Waals surface area (Å²) in [6, 6.07) is 19.5. The van der Waals surface area contributed by atoms with Crippen LogP contribution >= 0.6 is 0 Å². The molecular weight excluding hydrogens is 442 g/mol. The molecule has 0 radical (unpaired) electrons. The number of carbonyl (C=O) groups is 1. The molecule has 35 heavy (non-hydrogen) atoms. The molecule has 0 saturated carbocycles. The highest BCUT2D eigenvalue weighted by Crippen LogP contribution is 2.31. The van der Waals surface area contributed by atoms with E-state index in [1.807, 2.05) is 32.0 Å². The molecule has 4 rings (SSSR count). The Morgan fingerprint density at radius 2 is 1.60 bits per heavy atom. The molecule has 180 valence electrons. The van der Waals surface area contributed by atoms with Crippen LogP contribution in [0.5, 0.6) is 11.5 Å². The number of nitrogens with one attached hydrogen (secondary N) is 1. The monoisotopic (exact) mass is 471 g/mol. The largest absolute Gasteiger partial charge is 0.490 e. The van der Waals surface area contributed by atoms with Crippen LogP contribution in [0.3, 0.4) is 0 Å². The molecule has 4 aromatic rings. The van der Waals surface area contributed by atoms with Gasteiger partial charge in [0.2, 0.25) is 0 Å². The van der Waals surface area contributed by atoms with Crippen molar-refractivity contribution in [3.05, 3.63) is 88.5 Å². The van der Waals surface area contributed by atoms with Gasteiger partial charge in [-0.2, -0.15) is 0 Å². The summed E-state index contributed by atoms with van der Waals surface area (Å²) in [6.07, 6.45) is 1.76. The number of para-hydroxylation sites is 1. The van der Waals surface area contributed by atoms with Crippen molar-refractivity contribution in [1.82, 2.24) is 9.55 Å². The van der Waals surface area contributed by atoms with E-state index in [0.717, 1.165) is 12.8 Å². The minimum Gasteiger partial charge on any atom is -0.490 e. The standard InChI is InChI=1S/C28H29N3O4/c1-4-16-34-25-15-12-21(18-26(25)35-17-5-2)30-27(32)20-10-13-22(14-11-20)31-19(3)29-24-9-7-6-8-23(24)28(31)33/h6-15,18H,4-5,16-17H2,1-3H3,(H,30,32). The maximum atomic E-state index is 13.0. The van der Waals surface area contributed by atoms with Crippen molar-refractivity contribution in [2.75, 3.05) is 18.5 Å². The Morgan fingerprint density at radius 1 is 0.914 bits per heavy atom. The van der Waals surface area contributed by atoms with Gasteiger partial charge < -0.3 is 14.8 Å². The lowest BCUT2D eigenvalue weighted by Gasteiger charge is -2.14. The predicted molar refractivity (Wildman–Crippen MR) is 138 cm³/mol. The number of benzene rings is 3. The van der Waals surface area contributed by atoms with E-state index in [0.29, 0.717) is 58.4 Å². The molecule has 7 heteroatoms. The SMILES string of the molecule is CCCOc1ccc(NC(=O)c2ccc(-n3c(C)nc4ccccc4c3=O)cc2)cc1OCCC. The molecule has 0 unspecified atom stereocenters. The third kappa shape index (κ3) is 5.35. The lowest BCUT2D eigenvalue weighted by molar-refractivity contribution is 0.102. The minimum atomic E-state index is -0.263. The summed E-state index contributed by atoms with van der Waals surface area (Å²) in [5, 5.41) is 3.46. The maximum absolute atomic E-state index is 13.0. The first-order valence-corrected chi connectivity index (χ1v) is 11.8. The second kappa shape index (κ2) is 10.9. The molecule has 0 aliphatic rings. The Kier molecular flexibility index (Phi) is 7.45. The van der Waals surface area contributed by atoms with Crippen LogP contribution in [0.1, 0.15) is 42.9 Å². The van der Waals surface area contributed by atoms with E-state index in [9.17, 15) is 9.59 Å². The van der Waals surface area contributed by atoms with E-state index in [-0.39, 0.29) is 11.5 Å². The maximum Gasteiger partial charge on any atom is 0.265 e. The molecule has 7 nitrogen and oxygen atoms in total. The molecule has 0 atom stereocenters. The Hall–Kier alpha value is -4.13. The van der Waals surface area contributed by atoms with Gasteiger partial charge in [-0.15, -0.1) is 0 Å². The highest BCUT2D eigenvalue weighted by atomic mass is 16.5. The number of rotatable bonds is 9. The second-order valence-corrected chi connectivity index (χ2v) is 8.18. The van der Waals surface area contributed by atoms with Crippen LogP contribution in [0.15, 0.2) is 71.5 Å².